The van der Waals surface area contributed by atoms with Crippen molar-refractivity contribution in [2.24, 2.45) is 7.05 Å². The number of phenolic OH excluding ortho intramolecular Hbond substituents is 1. The number of benzene rings is 1. The molecular formula is C15H21N3O2. The van der Waals surface area contributed by atoms with Gasteiger partial charge < -0.3 is 15.2 Å². The molecule has 1 aromatic heterocycles. The van der Waals surface area contributed by atoms with Gasteiger partial charge in [0, 0.05) is 19.2 Å². The SMILES string of the molecule is CCOc1cccc(CNc2c(C)nn(C)c2C)c1O. The first-order valence-electron chi connectivity index (χ1n) is 6.72. The smallest absolute Gasteiger partial charge is 0.162 e. The fourth-order valence-corrected chi connectivity index (χ4v) is 2.20. The zero-order valence-electron chi connectivity index (χ0n) is 12.4. The minimum atomic E-state index is 0.195. The molecule has 2 rings (SSSR count). The van der Waals surface area contributed by atoms with E-state index in [2.05, 4.69) is 10.4 Å². The van der Waals surface area contributed by atoms with E-state index in [1.807, 2.05) is 44.6 Å². The molecule has 0 atom stereocenters. The molecule has 0 aliphatic rings. The summed E-state index contributed by atoms with van der Waals surface area (Å²) in [6.45, 7) is 6.93. The van der Waals surface area contributed by atoms with Crippen LogP contribution in [-0.4, -0.2) is 21.5 Å². The summed E-state index contributed by atoms with van der Waals surface area (Å²) in [6, 6.07) is 5.53. The van der Waals surface area contributed by atoms with Crippen molar-refractivity contribution < 1.29 is 9.84 Å². The van der Waals surface area contributed by atoms with Crippen LogP contribution in [-0.2, 0) is 13.6 Å². The van der Waals surface area contributed by atoms with E-state index in [0.717, 1.165) is 22.6 Å². The zero-order valence-corrected chi connectivity index (χ0v) is 12.4. The van der Waals surface area contributed by atoms with E-state index in [9.17, 15) is 5.11 Å². The number of nitrogens with zero attached hydrogens (tertiary/aromatic N) is 2. The molecule has 0 saturated carbocycles. The Morgan fingerprint density at radius 2 is 2.10 bits per heavy atom. The molecule has 2 N–H and O–H groups in total. The number of rotatable bonds is 5. The molecule has 0 spiro atoms. The third-order valence-corrected chi connectivity index (χ3v) is 3.35. The molecule has 108 valence electrons. The highest BCUT2D eigenvalue weighted by atomic mass is 16.5. The molecular weight excluding hydrogens is 254 g/mol. The number of para-hydroxylation sites is 1. The highest BCUT2D eigenvalue weighted by Gasteiger charge is 2.11. The van der Waals surface area contributed by atoms with Crippen LogP contribution >= 0.6 is 0 Å². The number of hydrogen-bond donors (Lipinski definition) is 2. The van der Waals surface area contributed by atoms with Crippen LogP contribution in [0.2, 0.25) is 0 Å². The second-order valence-corrected chi connectivity index (χ2v) is 4.72. The molecule has 1 heterocycles. The number of phenols is 1. The number of aryl methyl sites for hydroxylation is 2. The Balaban J connectivity index is 2.17. The quantitative estimate of drug-likeness (QED) is 0.881. The van der Waals surface area contributed by atoms with E-state index in [1.165, 1.54) is 0 Å². The van der Waals surface area contributed by atoms with Gasteiger partial charge >= 0.3 is 0 Å². The molecule has 0 radical (unpaired) electrons. The van der Waals surface area contributed by atoms with Gasteiger partial charge in [0.1, 0.15) is 0 Å². The Kier molecular flexibility index (Phi) is 4.17. The van der Waals surface area contributed by atoms with Gasteiger partial charge in [-0.25, -0.2) is 0 Å². The molecule has 20 heavy (non-hydrogen) atoms. The molecule has 0 fully saturated rings. The summed E-state index contributed by atoms with van der Waals surface area (Å²) < 4.78 is 7.23. The first kappa shape index (κ1) is 14.2. The lowest BCUT2D eigenvalue weighted by Gasteiger charge is -2.12. The van der Waals surface area contributed by atoms with Crippen LogP contribution in [0, 0.1) is 13.8 Å². The summed E-state index contributed by atoms with van der Waals surface area (Å²) >= 11 is 0. The Bertz CT molecular complexity index is 605. The van der Waals surface area contributed by atoms with Gasteiger partial charge in [-0.2, -0.15) is 5.10 Å². The predicted molar refractivity (Wildman–Crippen MR) is 79.3 cm³/mol. The second-order valence-electron chi connectivity index (χ2n) is 4.72. The first-order chi connectivity index (χ1) is 9.54. The van der Waals surface area contributed by atoms with Gasteiger partial charge in [-0.15, -0.1) is 0 Å². The fraction of sp³-hybridized carbons (Fsp3) is 0.400. The molecule has 0 saturated heterocycles. The van der Waals surface area contributed by atoms with Crippen LogP contribution in [0.5, 0.6) is 11.5 Å². The lowest BCUT2D eigenvalue weighted by Crippen LogP contribution is -2.03. The molecule has 0 aliphatic carbocycles. The summed E-state index contributed by atoms with van der Waals surface area (Å²) in [6.07, 6.45) is 0. The average Bonchev–Trinajstić information content (AvgIpc) is 2.65. The van der Waals surface area contributed by atoms with Crippen LogP contribution in [0.25, 0.3) is 0 Å². The Hall–Kier alpha value is -2.17. The molecule has 0 bridgehead atoms. The topological polar surface area (TPSA) is 59.3 Å². The van der Waals surface area contributed by atoms with Crippen molar-refractivity contribution in [1.29, 1.82) is 0 Å². The minimum absolute atomic E-state index is 0.195. The highest BCUT2D eigenvalue weighted by Crippen LogP contribution is 2.30. The lowest BCUT2D eigenvalue weighted by molar-refractivity contribution is 0.317. The number of hydrogen-bond acceptors (Lipinski definition) is 4. The largest absolute Gasteiger partial charge is 0.504 e. The lowest BCUT2D eigenvalue weighted by atomic mass is 10.1. The van der Waals surface area contributed by atoms with Gasteiger partial charge in [-0.05, 0) is 26.8 Å². The second kappa shape index (κ2) is 5.86. The molecule has 0 aliphatic heterocycles. The van der Waals surface area contributed by atoms with Gasteiger partial charge in [0.05, 0.1) is 23.7 Å². The van der Waals surface area contributed by atoms with E-state index >= 15 is 0 Å². The van der Waals surface area contributed by atoms with Crippen molar-refractivity contribution in [2.75, 3.05) is 11.9 Å². The third-order valence-electron chi connectivity index (χ3n) is 3.35. The first-order valence-corrected chi connectivity index (χ1v) is 6.72. The summed E-state index contributed by atoms with van der Waals surface area (Å²) in [7, 11) is 1.92. The van der Waals surface area contributed by atoms with Crippen molar-refractivity contribution in [3.63, 3.8) is 0 Å². The monoisotopic (exact) mass is 275 g/mol. The van der Waals surface area contributed by atoms with E-state index in [1.54, 1.807) is 6.07 Å². The number of aromatic nitrogens is 2. The van der Waals surface area contributed by atoms with Gasteiger partial charge in [-0.1, -0.05) is 12.1 Å². The van der Waals surface area contributed by atoms with Crippen LogP contribution in [0.1, 0.15) is 23.9 Å². The Morgan fingerprint density at radius 1 is 1.35 bits per heavy atom. The van der Waals surface area contributed by atoms with E-state index in [0.29, 0.717) is 18.9 Å². The van der Waals surface area contributed by atoms with Crippen molar-refractivity contribution in [3.05, 3.63) is 35.2 Å². The summed E-state index contributed by atoms with van der Waals surface area (Å²) in [4.78, 5) is 0. The van der Waals surface area contributed by atoms with Crippen molar-refractivity contribution in [3.8, 4) is 11.5 Å². The molecule has 0 unspecified atom stereocenters. The van der Waals surface area contributed by atoms with Gasteiger partial charge in [0.2, 0.25) is 0 Å². The van der Waals surface area contributed by atoms with Gasteiger partial charge in [0.25, 0.3) is 0 Å². The summed E-state index contributed by atoms with van der Waals surface area (Å²) in [5, 5.41) is 17.8. The zero-order chi connectivity index (χ0) is 14.7. The molecule has 2 aromatic rings. The minimum Gasteiger partial charge on any atom is -0.504 e. The Labute approximate surface area is 119 Å². The van der Waals surface area contributed by atoms with Crippen molar-refractivity contribution >= 4 is 5.69 Å². The van der Waals surface area contributed by atoms with Crippen molar-refractivity contribution in [1.82, 2.24) is 9.78 Å². The fourth-order valence-electron chi connectivity index (χ4n) is 2.20. The maximum Gasteiger partial charge on any atom is 0.162 e. The van der Waals surface area contributed by atoms with Crippen LogP contribution in [0.4, 0.5) is 5.69 Å². The van der Waals surface area contributed by atoms with E-state index in [-0.39, 0.29) is 5.75 Å². The van der Waals surface area contributed by atoms with Crippen LogP contribution in [0.3, 0.4) is 0 Å². The number of ether oxygens (including phenoxy) is 1. The highest BCUT2D eigenvalue weighted by molar-refractivity contribution is 5.54. The summed E-state index contributed by atoms with van der Waals surface area (Å²) in [5.41, 5.74) is 3.83. The normalized spacial score (nSPS) is 10.6. The average molecular weight is 275 g/mol. The number of nitrogens with one attached hydrogen (secondary N) is 1. The molecule has 0 amide bonds. The van der Waals surface area contributed by atoms with Gasteiger partial charge in [0.15, 0.2) is 11.5 Å². The number of aromatic hydroxyl groups is 1. The van der Waals surface area contributed by atoms with Crippen LogP contribution < -0.4 is 10.1 Å². The predicted octanol–water partition coefficient (Wildman–Crippen LogP) is 2.75. The van der Waals surface area contributed by atoms with E-state index in [4.69, 9.17) is 4.74 Å². The molecule has 1 aromatic carbocycles. The van der Waals surface area contributed by atoms with Crippen LogP contribution in [0.15, 0.2) is 18.2 Å². The number of anilines is 1. The molecule has 5 nitrogen and oxygen atoms in total. The Morgan fingerprint density at radius 3 is 2.70 bits per heavy atom. The van der Waals surface area contributed by atoms with Crippen molar-refractivity contribution in [2.45, 2.75) is 27.3 Å². The maximum absolute atomic E-state index is 10.2. The third kappa shape index (κ3) is 2.71. The van der Waals surface area contributed by atoms with Gasteiger partial charge in [-0.3, -0.25) is 4.68 Å². The summed E-state index contributed by atoms with van der Waals surface area (Å²) in [5.74, 6) is 0.715. The van der Waals surface area contributed by atoms with E-state index < -0.39 is 0 Å². The standard InChI is InChI=1S/C15H21N3O2/c1-5-20-13-8-6-7-12(15(13)19)9-16-14-10(2)17-18(4)11(14)3/h6-8,16,19H,5,9H2,1-4H3. The molecule has 5 heteroatoms. The maximum atomic E-state index is 10.2.